The molecule has 1 saturated heterocycles. The number of carbonyl (C=O) groups is 1. The van der Waals surface area contributed by atoms with Crippen molar-refractivity contribution in [3.05, 3.63) is 30.1 Å². The van der Waals surface area contributed by atoms with Crippen LogP contribution in [0.4, 0.5) is 0 Å². The smallest absolute Gasteiger partial charge is 0.310 e. The molecule has 0 radical (unpaired) electrons. The first-order chi connectivity index (χ1) is 7.51. The number of carboxylic acids is 1. The highest BCUT2D eigenvalue weighted by atomic mass is 16.5. The summed E-state index contributed by atoms with van der Waals surface area (Å²) >= 11 is 0. The molecule has 1 fully saturated rings. The van der Waals surface area contributed by atoms with Crippen LogP contribution in [0, 0.1) is 5.41 Å². The molecule has 4 heteroatoms. The summed E-state index contributed by atoms with van der Waals surface area (Å²) in [5.74, 6) is -0.806. The van der Waals surface area contributed by atoms with Crippen LogP contribution in [0.25, 0.3) is 0 Å². The Hall–Kier alpha value is -1.42. The van der Waals surface area contributed by atoms with Crippen molar-refractivity contribution in [1.29, 1.82) is 0 Å². The third-order valence-corrected chi connectivity index (χ3v) is 3.64. The molecule has 1 aromatic rings. The average molecular weight is 221 g/mol. The summed E-state index contributed by atoms with van der Waals surface area (Å²) < 4.78 is 5.24. The molecule has 1 aliphatic heterocycles. The summed E-state index contributed by atoms with van der Waals surface area (Å²) in [6.07, 6.45) is 3.41. The van der Waals surface area contributed by atoms with Gasteiger partial charge in [-0.05, 0) is 25.5 Å². The summed E-state index contributed by atoms with van der Waals surface area (Å²) in [6, 6.07) is 3.74. The van der Waals surface area contributed by atoms with E-state index >= 15 is 0 Å². The number of hydrogen-bond acceptors (Lipinski definition) is 3. The predicted octanol–water partition coefficient (Wildman–Crippen LogP) is 1.46. The van der Waals surface area contributed by atoms with Gasteiger partial charge in [-0.2, -0.15) is 0 Å². The van der Waals surface area contributed by atoms with E-state index in [2.05, 4.69) is 4.98 Å². The molecule has 0 bridgehead atoms. The molecule has 0 aliphatic carbocycles. The minimum atomic E-state index is -0.853. The fraction of sp³-hybridized carbons (Fsp3) is 0.500. The molecule has 86 valence electrons. The van der Waals surface area contributed by atoms with Gasteiger partial charge in [0, 0.05) is 12.4 Å². The summed E-state index contributed by atoms with van der Waals surface area (Å²) in [5, 5.41) is 9.33. The van der Waals surface area contributed by atoms with Gasteiger partial charge in [-0.3, -0.25) is 9.78 Å². The standard InChI is InChI=1S/C12H15NO3/c1-11(2,10(14)15)12(7-16-8-12)9-4-3-5-13-6-9/h3-6H,7-8H2,1-2H3,(H,14,15). The predicted molar refractivity (Wildman–Crippen MR) is 58.2 cm³/mol. The molecule has 0 aromatic carbocycles. The minimum absolute atomic E-state index is 0.442. The first-order valence-electron chi connectivity index (χ1n) is 5.22. The van der Waals surface area contributed by atoms with Gasteiger partial charge in [0.2, 0.25) is 0 Å². The Bertz CT molecular complexity index is 396. The Morgan fingerprint density at radius 1 is 1.56 bits per heavy atom. The number of rotatable bonds is 3. The first kappa shape index (κ1) is 11.1. The number of aromatic nitrogens is 1. The normalized spacial score (nSPS) is 18.9. The largest absolute Gasteiger partial charge is 0.481 e. The maximum atomic E-state index is 11.4. The van der Waals surface area contributed by atoms with Gasteiger partial charge in [0.15, 0.2) is 0 Å². The van der Waals surface area contributed by atoms with Crippen LogP contribution >= 0.6 is 0 Å². The molecule has 1 N–H and O–H groups in total. The van der Waals surface area contributed by atoms with Gasteiger partial charge in [-0.1, -0.05) is 6.07 Å². The van der Waals surface area contributed by atoms with E-state index in [-0.39, 0.29) is 0 Å². The monoisotopic (exact) mass is 221 g/mol. The zero-order valence-electron chi connectivity index (χ0n) is 9.43. The lowest BCUT2D eigenvalue weighted by atomic mass is 9.60. The SMILES string of the molecule is CC(C)(C(=O)O)C1(c2cccnc2)COC1. The van der Waals surface area contributed by atoms with E-state index < -0.39 is 16.8 Å². The summed E-state index contributed by atoms with van der Waals surface area (Å²) in [5.41, 5.74) is -0.366. The van der Waals surface area contributed by atoms with Gasteiger partial charge in [0.05, 0.1) is 24.0 Å². The van der Waals surface area contributed by atoms with E-state index in [1.807, 2.05) is 12.1 Å². The highest BCUT2D eigenvalue weighted by molar-refractivity contribution is 5.76. The van der Waals surface area contributed by atoms with Crippen molar-refractivity contribution in [2.75, 3.05) is 13.2 Å². The van der Waals surface area contributed by atoms with E-state index in [1.54, 1.807) is 26.2 Å². The second-order valence-corrected chi connectivity index (χ2v) is 4.75. The highest BCUT2D eigenvalue weighted by Gasteiger charge is 2.56. The Kier molecular flexibility index (Phi) is 2.46. The van der Waals surface area contributed by atoms with Crippen LogP contribution in [-0.2, 0) is 14.9 Å². The van der Waals surface area contributed by atoms with Crippen LogP contribution in [-0.4, -0.2) is 29.3 Å². The Balaban J connectivity index is 2.45. The molecule has 1 aromatic heterocycles. The minimum Gasteiger partial charge on any atom is -0.481 e. The van der Waals surface area contributed by atoms with E-state index in [4.69, 9.17) is 4.74 Å². The fourth-order valence-corrected chi connectivity index (χ4v) is 2.05. The molecule has 1 aliphatic rings. The lowest BCUT2D eigenvalue weighted by Crippen LogP contribution is -2.59. The molecule has 16 heavy (non-hydrogen) atoms. The zero-order valence-corrected chi connectivity index (χ0v) is 9.43. The fourth-order valence-electron chi connectivity index (χ4n) is 2.05. The lowest BCUT2D eigenvalue weighted by molar-refractivity contribution is -0.171. The van der Waals surface area contributed by atoms with Crippen LogP contribution < -0.4 is 0 Å². The van der Waals surface area contributed by atoms with E-state index in [0.717, 1.165) is 5.56 Å². The lowest BCUT2D eigenvalue weighted by Gasteiger charge is -2.50. The van der Waals surface area contributed by atoms with Crippen molar-refractivity contribution in [1.82, 2.24) is 4.98 Å². The van der Waals surface area contributed by atoms with Crippen LogP contribution in [0.2, 0.25) is 0 Å². The zero-order chi connectivity index (χ0) is 11.8. The van der Waals surface area contributed by atoms with E-state index in [0.29, 0.717) is 13.2 Å². The number of aliphatic carboxylic acids is 1. The highest BCUT2D eigenvalue weighted by Crippen LogP contribution is 2.47. The molecular weight excluding hydrogens is 206 g/mol. The molecule has 0 spiro atoms. The topological polar surface area (TPSA) is 59.4 Å². The number of ether oxygens (including phenoxy) is 1. The summed E-state index contributed by atoms with van der Waals surface area (Å²) in [4.78, 5) is 15.4. The molecule has 2 rings (SSSR count). The average Bonchev–Trinajstić information content (AvgIpc) is 2.16. The molecule has 4 nitrogen and oxygen atoms in total. The second kappa shape index (κ2) is 3.56. The Morgan fingerprint density at radius 3 is 2.62 bits per heavy atom. The van der Waals surface area contributed by atoms with E-state index in [9.17, 15) is 9.90 Å². The van der Waals surface area contributed by atoms with E-state index in [1.165, 1.54) is 0 Å². The molecule has 2 heterocycles. The Morgan fingerprint density at radius 2 is 2.25 bits per heavy atom. The number of carboxylic acid groups (broad SMARTS) is 1. The van der Waals surface area contributed by atoms with Crippen LogP contribution in [0.3, 0.4) is 0 Å². The second-order valence-electron chi connectivity index (χ2n) is 4.75. The van der Waals surface area contributed by atoms with Gasteiger partial charge >= 0.3 is 5.97 Å². The molecule has 0 unspecified atom stereocenters. The quantitative estimate of drug-likeness (QED) is 0.839. The van der Waals surface area contributed by atoms with Gasteiger partial charge in [-0.25, -0.2) is 0 Å². The Labute approximate surface area is 94.3 Å². The maximum absolute atomic E-state index is 11.4. The third-order valence-electron chi connectivity index (χ3n) is 3.64. The number of nitrogens with zero attached hydrogens (tertiary/aromatic N) is 1. The maximum Gasteiger partial charge on any atom is 0.310 e. The van der Waals surface area contributed by atoms with Crippen molar-refractivity contribution in [2.24, 2.45) is 5.41 Å². The third kappa shape index (κ3) is 1.33. The number of hydrogen-bond donors (Lipinski definition) is 1. The van der Waals surface area contributed by atoms with Crippen molar-refractivity contribution in [3.63, 3.8) is 0 Å². The van der Waals surface area contributed by atoms with Gasteiger partial charge in [0.1, 0.15) is 0 Å². The van der Waals surface area contributed by atoms with Crippen LogP contribution in [0.15, 0.2) is 24.5 Å². The molecule has 0 atom stereocenters. The number of pyridine rings is 1. The van der Waals surface area contributed by atoms with Gasteiger partial charge in [-0.15, -0.1) is 0 Å². The molecule has 0 amide bonds. The molecule has 0 saturated carbocycles. The summed E-state index contributed by atoms with van der Waals surface area (Å²) in [6.45, 7) is 4.37. The van der Waals surface area contributed by atoms with Crippen LogP contribution in [0.1, 0.15) is 19.4 Å². The summed E-state index contributed by atoms with van der Waals surface area (Å²) in [7, 11) is 0. The van der Waals surface area contributed by atoms with Gasteiger partial charge < -0.3 is 9.84 Å². The first-order valence-corrected chi connectivity index (χ1v) is 5.22. The molecular formula is C12H15NO3. The van der Waals surface area contributed by atoms with Crippen LogP contribution in [0.5, 0.6) is 0 Å². The van der Waals surface area contributed by atoms with Crippen molar-refractivity contribution >= 4 is 5.97 Å². The van der Waals surface area contributed by atoms with Crippen molar-refractivity contribution in [2.45, 2.75) is 19.3 Å². The van der Waals surface area contributed by atoms with Crippen molar-refractivity contribution < 1.29 is 14.6 Å². The van der Waals surface area contributed by atoms with Crippen molar-refractivity contribution in [3.8, 4) is 0 Å². The van der Waals surface area contributed by atoms with Gasteiger partial charge in [0.25, 0.3) is 0 Å².